The number of carbonyl (C=O) groups is 1. The van der Waals surface area contributed by atoms with Crippen molar-refractivity contribution in [2.75, 3.05) is 5.32 Å². The van der Waals surface area contributed by atoms with Crippen LogP contribution >= 0.6 is 23.2 Å². The first-order valence-corrected chi connectivity index (χ1v) is 6.95. The minimum Gasteiger partial charge on any atom is -0.506 e. The molecule has 0 aliphatic heterocycles. The van der Waals surface area contributed by atoms with E-state index in [1.807, 2.05) is 6.92 Å². The van der Waals surface area contributed by atoms with Gasteiger partial charge in [0.05, 0.1) is 5.69 Å². The van der Waals surface area contributed by atoms with Crippen molar-refractivity contribution in [3.63, 3.8) is 0 Å². The molecule has 0 unspecified atom stereocenters. The van der Waals surface area contributed by atoms with Crippen LogP contribution in [-0.2, 0) is 4.79 Å². The zero-order valence-corrected chi connectivity index (χ0v) is 12.7. The summed E-state index contributed by atoms with van der Waals surface area (Å²) >= 11 is 11.8. The van der Waals surface area contributed by atoms with Gasteiger partial charge in [0.15, 0.2) is 0 Å². The number of nitrogens with one attached hydrogen (secondary N) is 1. The maximum absolute atomic E-state index is 11.8. The monoisotopic (exact) mass is 321 g/mol. The molecule has 2 aromatic carbocycles. The Hall–Kier alpha value is -1.97. The molecule has 0 spiro atoms. The quantitative estimate of drug-likeness (QED) is 0.638. The molecule has 0 bridgehead atoms. The number of benzene rings is 2. The lowest BCUT2D eigenvalue weighted by Crippen LogP contribution is -2.07. The van der Waals surface area contributed by atoms with Crippen molar-refractivity contribution in [1.82, 2.24) is 0 Å². The molecular formula is C16H13Cl2NO2. The molecule has 0 aromatic heterocycles. The fourth-order valence-electron chi connectivity index (χ4n) is 1.72. The summed E-state index contributed by atoms with van der Waals surface area (Å²) in [6.07, 6.45) is 2.92. The maximum Gasteiger partial charge on any atom is 0.248 e. The molecule has 2 N–H and O–H groups in total. The van der Waals surface area contributed by atoms with Crippen LogP contribution in [0.2, 0.25) is 10.0 Å². The van der Waals surface area contributed by atoms with E-state index in [-0.39, 0.29) is 11.7 Å². The second-order valence-corrected chi connectivity index (χ2v) is 5.35. The third-order valence-corrected chi connectivity index (χ3v) is 3.35. The summed E-state index contributed by atoms with van der Waals surface area (Å²) in [6.45, 7) is 1.85. The summed E-state index contributed by atoms with van der Waals surface area (Å²) in [5.74, 6) is -0.332. The fraction of sp³-hybridized carbons (Fsp3) is 0.0625. The predicted molar refractivity (Wildman–Crippen MR) is 87.0 cm³/mol. The number of hydrogen-bond acceptors (Lipinski definition) is 2. The predicted octanol–water partition coefficient (Wildman–Crippen LogP) is 4.66. The van der Waals surface area contributed by atoms with Crippen LogP contribution in [0.5, 0.6) is 5.75 Å². The van der Waals surface area contributed by atoms with Crippen molar-refractivity contribution in [3.8, 4) is 5.75 Å². The number of rotatable bonds is 3. The number of aromatic hydroxyl groups is 1. The zero-order chi connectivity index (χ0) is 15.4. The molecule has 3 nitrogen and oxygen atoms in total. The third-order valence-electron chi connectivity index (χ3n) is 2.79. The van der Waals surface area contributed by atoms with Gasteiger partial charge in [0.2, 0.25) is 5.91 Å². The zero-order valence-electron chi connectivity index (χ0n) is 11.2. The summed E-state index contributed by atoms with van der Waals surface area (Å²) in [6, 6.07) is 10.0. The van der Waals surface area contributed by atoms with Crippen molar-refractivity contribution in [3.05, 3.63) is 63.6 Å². The Morgan fingerprint density at radius 1 is 1.19 bits per heavy atom. The van der Waals surface area contributed by atoms with E-state index < -0.39 is 0 Å². The van der Waals surface area contributed by atoms with Crippen LogP contribution in [0.25, 0.3) is 6.08 Å². The van der Waals surface area contributed by atoms with E-state index >= 15 is 0 Å². The first-order chi connectivity index (χ1) is 9.95. The number of carbonyl (C=O) groups excluding carboxylic acids is 1. The van der Waals surface area contributed by atoms with E-state index in [1.54, 1.807) is 42.5 Å². The van der Waals surface area contributed by atoms with Crippen molar-refractivity contribution < 1.29 is 9.90 Å². The molecule has 0 fully saturated rings. The van der Waals surface area contributed by atoms with Gasteiger partial charge in [0.1, 0.15) is 5.75 Å². The summed E-state index contributed by atoms with van der Waals surface area (Å²) in [7, 11) is 0. The first-order valence-electron chi connectivity index (χ1n) is 6.19. The topological polar surface area (TPSA) is 49.3 Å². The summed E-state index contributed by atoms with van der Waals surface area (Å²) in [5, 5.41) is 13.3. The highest BCUT2D eigenvalue weighted by molar-refractivity contribution is 6.35. The van der Waals surface area contributed by atoms with Crippen LogP contribution in [0, 0.1) is 6.92 Å². The highest BCUT2D eigenvalue weighted by Crippen LogP contribution is 2.24. The molecule has 0 atom stereocenters. The molecule has 5 heteroatoms. The molecule has 21 heavy (non-hydrogen) atoms. The van der Waals surface area contributed by atoms with Gasteiger partial charge in [-0.1, -0.05) is 35.3 Å². The van der Waals surface area contributed by atoms with E-state index in [9.17, 15) is 9.90 Å². The fourth-order valence-corrected chi connectivity index (χ4v) is 2.20. The van der Waals surface area contributed by atoms with Crippen molar-refractivity contribution in [2.24, 2.45) is 0 Å². The first kappa shape index (κ1) is 15.4. The van der Waals surface area contributed by atoms with E-state index in [0.717, 1.165) is 5.56 Å². The smallest absolute Gasteiger partial charge is 0.248 e. The molecule has 2 rings (SSSR count). The Balaban J connectivity index is 2.09. The third kappa shape index (κ3) is 4.25. The lowest BCUT2D eigenvalue weighted by Gasteiger charge is -2.05. The van der Waals surface area contributed by atoms with Gasteiger partial charge >= 0.3 is 0 Å². The highest BCUT2D eigenvalue weighted by atomic mass is 35.5. The van der Waals surface area contributed by atoms with Gasteiger partial charge < -0.3 is 10.4 Å². The van der Waals surface area contributed by atoms with Crippen molar-refractivity contribution in [2.45, 2.75) is 6.92 Å². The number of hydrogen-bond donors (Lipinski definition) is 2. The normalized spacial score (nSPS) is 10.8. The molecule has 0 radical (unpaired) electrons. The molecule has 0 aliphatic rings. The van der Waals surface area contributed by atoms with Crippen LogP contribution in [-0.4, -0.2) is 11.0 Å². The summed E-state index contributed by atoms with van der Waals surface area (Å²) in [5.41, 5.74) is 1.95. The molecule has 0 saturated heterocycles. The van der Waals surface area contributed by atoms with Crippen LogP contribution in [0.4, 0.5) is 5.69 Å². The van der Waals surface area contributed by atoms with Gasteiger partial charge in [-0.15, -0.1) is 0 Å². The van der Waals surface area contributed by atoms with E-state index in [2.05, 4.69) is 5.32 Å². The van der Waals surface area contributed by atoms with E-state index in [0.29, 0.717) is 21.3 Å². The van der Waals surface area contributed by atoms with E-state index in [4.69, 9.17) is 23.2 Å². The molecule has 2 aromatic rings. The second kappa shape index (κ2) is 6.66. The van der Waals surface area contributed by atoms with Gasteiger partial charge in [-0.25, -0.2) is 0 Å². The largest absolute Gasteiger partial charge is 0.506 e. The Kier molecular flexibility index (Phi) is 4.89. The standard InChI is InChI=1S/C16H13Cl2NO2/c1-10-2-6-14(15(20)8-10)19-16(21)7-4-11-3-5-12(17)9-13(11)18/h2-9,20H,1H3,(H,19,21)/b7-4+. The molecule has 0 saturated carbocycles. The lowest BCUT2D eigenvalue weighted by molar-refractivity contribution is -0.111. The van der Waals surface area contributed by atoms with Gasteiger partial charge in [0, 0.05) is 16.1 Å². The van der Waals surface area contributed by atoms with Gasteiger partial charge in [-0.2, -0.15) is 0 Å². The maximum atomic E-state index is 11.8. The number of halogens is 2. The molecule has 1 amide bonds. The van der Waals surface area contributed by atoms with Crippen molar-refractivity contribution in [1.29, 1.82) is 0 Å². The van der Waals surface area contributed by atoms with E-state index in [1.165, 1.54) is 6.08 Å². The number of phenols is 1. The Morgan fingerprint density at radius 2 is 1.95 bits per heavy atom. The second-order valence-electron chi connectivity index (χ2n) is 4.51. The highest BCUT2D eigenvalue weighted by Gasteiger charge is 2.04. The van der Waals surface area contributed by atoms with Crippen LogP contribution in [0.1, 0.15) is 11.1 Å². The van der Waals surface area contributed by atoms with Gasteiger partial charge in [-0.3, -0.25) is 4.79 Å². The van der Waals surface area contributed by atoms with Crippen LogP contribution in [0.15, 0.2) is 42.5 Å². The van der Waals surface area contributed by atoms with Crippen LogP contribution < -0.4 is 5.32 Å². The minimum absolute atomic E-state index is 0.0290. The molecular weight excluding hydrogens is 309 g/mol. The average Bonchev–Trinajstić information content (AvgIpc) is 2.41. The molecule has 0 heterocycles. The molecule has 0 aliphatic carbocycles. The average molecular weight is 322 g/mol. The minimum atomic E-state index is -0.361. The SMILES string of the molecule is Cc1ccc(NC(=O)/C=C/c2ccc(Cl)cc2Cl)c(O)c1. The van der Waals surface area contributed by atoms with Crippen molar-refractivity contribution >= 4 is 40.9 Å². The Bertz CT molecular complexity index is 711. The number of amides is 1. The number of anilines is 1. The lowest BCUT2D eigenvalue weighted by atomic mass is 10.2. The molecule has 108 valence electrons. The summed E-state index contributed by atoms with van der Waals surface area (Å²) < 4.78 is 0. The van der Waals surface area contributed by atoms with Gasteiger partial charge in [-0.05, 0) is 48.4 Å². The number of aryl methyl sites for hydroxylation is 1. The van der Waals surface area contributed by atoms with Gasteiger partial charge in [0.25, 0.3) is 0 Å². The van der Waals surface area contributed by atoms with Crippen LogP contribution in [0.3, 0.4) is 0 Å². The summed E-state index contributed by atoms with van der Waals surface area (Å²) in [4.78, 5) is 11.8. The Morgan fingerprint density at radius 3 is 2.62 bits per heavy atom. The number of phenolic OH excluding ortho intramolecular Hbond substituents is 1. The Labute approximate surface area is 132 Å².